The molecular weight excluding hydrogens is 340 g/mol. The molecule has 128 valence electrons. The van der Waals surface area contributed by atoms with Crippen molar-refractivity contribution in [2.45, 2.75) is 20.4 Å². The van der Waals surface area contributed by atoms with E-state index in [2.05, 4.69) is 15.4 Å². The Morgan fingerprint density at radius 2 is 2.08 bits per heavy atom. The number of nitrogens with zero attached hydrogens (tertiary/aromatic N) is 4. The zero-order chi connectivity index (χ0) is 17.8. The van der Waals surface area contributed by atoms with E-state index in [4.69, 9.17) is 4.74 Å². The van der Waals surface area contributed by atoms with Crippen LogP contribution < -0.4 is 0 Å². The van der Waals surface area contributed by atoms with Gasteiger partial charge < -0.3 is 4.74 Å². The molecular formula is C17H16N4O3S. The molecule has 0 aliphatic carbocycles. The Morgan fingerprint density at radius 1 is 1.24 bits per heavy atom. The molecule has 7 nitrogen and oxygen atoms in total. The van der Waals surface area contributed by atoms with Gasteiger partial charge in [-0.25, -0.2) is 4.79 Å². The second-order valence-corrected chi connectivity index (χ2v) is 6.47. The molecule has 3 aromatic rings. The Labute approximate surface area is 148 Å². The summed E-state index contributed by atoms with van der Waals surface area (Å²) in [5.41, 5.74) is 2.39. The fourth-order valence-corrected chi connectivity index (χ4v) is 2.88. The summed E-state index contributed by atoms with van der Waals surface area (Å²) in [7, 11) is 0. The van der Waals surface area contributed by atoms with Crippen molar-refractivity contribution in [3.63, 3.8) is 0 Å². The van der Waals surface area contributed by atoms with Crippen molar-refractivity contribution in [3.05, 3.63) is 52.4 Å². The molecule has 0 saturated carbocycles. The number of tetrazole rings is 1. The van der Waals surface area contributed by atoms with Gasteiger partial charge in [0.05, 0.1) is 4.88 Å². The number of benzene rings is 1. The lowest BCUT2D eigenvalue weighted by Gasteiger charge is -2.07. The summed E-state index contributed by atoms with van der Waals surface area (Å²) in [6.45, 7) is 3.25. The van der Waals surface area contributed by atoms with Crippen molar-refractivity contribution < 1.29 is 14.3 Å². The first kappa shape index (κ1) is 17.0. The fraction of sp³-hybridized carbons (Fsp3) is 0.235. The van der Waals surface area contributed by atoms with E-state index in [-0.39, 0.29) is 18.9 Å². The number of rotatable bonds is 6. The third kappa shape index (κ3) is 4.16. The Balaban J connectivity index is 1.56. The van der Waals surface area contributed by atoms with Gasteiger partial charge in [-0.05, 0) is 42.1 Å². The predicted molar refractivity (Wildman–Crippen MR) is 92.3 cm³/mol. The van der Waals surface area contributed by atoms with E-state index in [1.54, 1.807) is 6.07 Å². The topological polar surface area (TPSA) is 87.0 Å². The van der Waals surface area contributed by atoms with Crippen LogP contribution in [0.15, 0.2) is 35.7 Å². The zero-order valence-corrected chi connectivity index (χ0v) is 14.6. The smallest absolute Gasteiger partial charge is 0.330 e. The number of Topliss-reactive ketones (excluding diaryl/α,β-unsaturated/α-hetero) is 1. The van der Waals surface area contributed by atoms with Crippen LogP contribution in [0, 0.1) is 13.8 Å². The van der Waals surface area contributed by atoms with Crippen LogP contribution in [0.3, 0.4) is 0 Å². The zero-order valence-electron chi connectivity index (χ0n) is 13.8. The van der Waals surface area contributed by atoms with E-state index in [1.807, 2.05) is 43.5 Å². The van der Waals surface area contributed by atoms with Gasteiger partial charge in [0, 0.05) is 5.56 Å². The highest BCUT2D eigenvalue weighted by Gasteiger charge is 2.14. The molecule has 0 atom stereocenters. The molecule has 0 N–H and O–H groups in total. The van der Waals surface area contributed by atoms with Crippen LogP contribution in [-0.2, 0) is 16.1 Å². The largest absolute Gasteiger partial charge is 0.456 e. The number of carbonyl (C=O) groups excluding carboxylic acids is 2. The average Bonchev–Trinajstić information content (AvgIpc) is 3.26. The first-order valence-electron chi connectivity index (χ1n) is 7.60. The number of carbonyl (C=O) groups is 2. The highest BCUT2D eigenvalue weighted by molar-refractivity contribution is 7.13. The summed E-state index contributed by atoms with van der Waals surface area (Å²) >= 11 is 1.48. The highest BCUT2D eigenvalue weighted by atomic mass is 32.1. The van der Waals surface area contributed by atoms with Gasteiger partial charge in [-0.15, -0.1) is 21.5 Å². The lowest BCUT2D eigenvalue weighted by Crippen LogP contribution is -2.20. The van der Waals surface area contributed by atoms with E-state index >= 15 is 0 Å². The number of aromatic nitrogens is 4. The first-order chi connectivity index (χ1) is 12.0. The molecule has 0 unspecified atom stereocenters. The molecule has 0 radical (unpaired) electrons. The van der Waals surface area contributed by atoms with Gasteiger partial charge in [-0.1, -0.05) is 23.8 Å². The minimum Gasteiger partial charge on any atom is -0.456 e. The number of esters is 1. The Hall–Kier alpha value is -2.87. The van der Waals surface area contributed by atoms with Crippen molar-refractivity contribution in [1.82, 2.24) is 20.2 Å². The van der Waals surface area contributed by atoms with Crippen molar-refractivity contribution >= 4 is 23.1 Å². The van der Waals surface area contributed by atoms with Crippen LogP contribution in [0.25, 0.3) is 10.7 Å². The normalized spacial score (nSPS) is 10.6. The Kier molecular flexibility index (Phi) is 4.99. The van der Waals surface area contributed by atoms with E-state index < -0.39 is 5.97 Å². The molecule has 25 heavy (non-hydrogen) atoms. The molecule has 8 heteroatoms. The van der Waals surface area contributed by atoms with Crippen LogP contribution in [0.5, 0.6) is 0 Å². The van der Waals surface area contributed by atoms with Crippen molar-refractivity contribution in [2.24, 2.45) is 0 Å². The SMILES string of the molecule is Cc1ccc(C)c(C(=O)COC(=O)Cn2nnc(-c3cccs3)n2)c1. The monoisotopic (exact) mass is 356 g/mol. The molecule has 0 fully saturated rings. The second-order valence-electron chi connectivity index (χ2n) is 5.52. The summed E-state index contributed by atoms with van der Waals surface area (Å²) in [5, 5.41) is 13.7. The predicted octanol–water partition coefficient (Wildman–Crippen LogP) is 2.44. The molecule has 2 heterocycles. The summed E-state index contributed by atoms with van der Waals surface area (Å²) in [5.74, 6) is -0.372. The van der Waals surface area contributed by atoms with E-state index in [1.165, 1.54) is 11.3 Å². The summed E-state index contributed by atoms with van der Waals surface area (Å²) < 4.78 is 5.04. The molecule has 0 aliphatic heterocycles. The number of thiophene rings is 1. The van der Waals surface area contributed by atoms with Gasteiger partial charge in [-0.3, -0.25) is 4.79 Å². The third-order valence-corrected chi connectivity index (χ3v) is 4.39. The van der Waals surface area contributed by atoms with E-state index in [0.29, 0.717) is 11.4 Å². The summed E-state index contributed by atoms with van der Waals surface area (Å²) in [6.07, 6.45) is 0. The first-order valence-corrected chi connectivity index (χ1v) is 8.48. The summed E-state index contributed by atoms with van der Waals surface area (Å²) in [4.78, 5) is 26.1. The quantitative estimate of drug-likeness (QED) is 0.498. The van der Waals surface area contributed by atoms with Crippen LogP contribution in [0.1, 0.15) is 21.5 Å². The second kappa shape index (κ2) is 7.35. The van der Waals surface area contributed by atoms with Crippen molar-refractivity contribution in [1.29, 1.82) is 0 Å². The van der Waals surface area contributed by atoms with Crippen LogP contribution >= 0.6 is 11.3 Å². The lowest BCUT2D eigenvalue weighted by atomic mass is 10.0. The summed E-state index contributed by atoms with van der Waals surface area (Å²) in [6, 6.07) is 9.34. The highest BCUT2D eigenvalue weighted by Crippen LogP contribution is 2.19. The lowest BCUT2D eigenvalue weighted by molar-refractivity contribution is -0.143. The molecule has 3 rings (SSSR count). The number of ketones is 1. The Bertz CT molecular complexity index is 903. The fourth-order valence-electron chi connectivity index (χ4n) is 2.24. The van der Waals surface area contributed by atoms with E-state index in [0.717, 1.165) is 20.8 Å². The third-order valence-electron chi connectivity index (χ3n) is 3.52. The van der Waals surface area contributed by atoms with E-state index in [9.17, 15) is 9.59 Å². The minimum absolute atomic E-state index is 0.196. The standard InChI is InChI=1S/C17H16N4O3S/c1-11-5-6-12(2)13(8-11)14(22)10-24-16(23)9-21-19-17(18-20-21)15-4-3-7-25-15/h3-8H,9-10H2,1-2H3. The van der Waals surface area contributed by atoms with Gasteiger partial charge in [-0.2, -0.15) is 4.80 Å². The minimum atomic E-state index is -0.589. The van der Waals surface area contributed by atoms with Gasteiger partial charge in [0.1, 0.15) is 0 Å². The molecule has 0 bridgehead atoms. The van der Waals surface area contributed by atoms with Gasteiger partial charge in [0.15, 0.2) is 13.2 Å². The van der Waals surface area contributed by atoms with Gasteiger partial charge in [0.2, 0.25) is 11.6 Å². The molecule has 0 amide bonds. The number of aryl methyl sites for hydroxylation is 2. The Morgan fingerprint density at radius 3 is 2.84 bits per heavy atom. The van der Waals surface area contributed by atoms with Gasteiger partial charge >= 0.3 is 5.97 Å². The number of hydrogen-bond acceptors (Lipinski definition) is 7. The molecule has 0 saturated heterocycles. The van der Waals surface area contributed by atoms with Gasteiger partial charge in [0.25, 0.3) is 0 Å². The molecule has 2 aromatic heterocycles. The van der Waals surface area contributed by atoms with Crippen LogP contribution in [-0.4, -0.2) is 38.6 Å². The molecule has 0 spiro atoms. The maximum absolute atomic E-state index is 12.2. The number of ether oxygens (including phenoxy) is 1. The number of hydrogen-bond donors (Lipinski definition) is 0. The maximum atomic E-state index is 12.2. The molecule has 0 aliphatic rings. The van der Waals surface area contributed by atoms with Crippen LogP contribution in [0.2, 0.25) is 0 Å². The maximum Gasteiger partial charge on any atom is 0.330 e. The average molecular weight is 356 g/mol. The van der Waals surface area contributed by atoms with Crippen molar-refractivity contribution in [2.75, 3.05) is 6.61 Å². The van der Waals surface area contributed by atoms with Crippen molar-refractivity contribution in [3.8, 4) is 10.7 Å². The molecule has 1 aromatic carbocycles. The van der Waals surface area contributed by atoms with Crippen LogP contribution in [0.4, 0.5) is 0 Å².